The van der Waals surface area contributed by atoms with Crippen LogP contribution in [0.1, 0.15) is 31.1 Å². The molecule has 0 aliphatic carbocycles. The molecule has 1 aromatic carbocycles. The van der Waals surface area contributed by atoms with Crippen LogP contribution in [0.3, 0.4) is 0 Å². The molecule has 1 aliphatic rings. The van der Waals surface area contributed by atoms with Gasteiger partial charge in [0.15, 0.2) is 0 Å². The van der Waals surface area contributed by atoms with Crippen LogP contribution in [0.5, 0.6) is 0 Å². The molecule has 0 unspecified atom stereocenters. The first-order chi connectivity index (χ1) is 13.0. The summed E-state index contributed by atoms with van der Waals surface area (Å²) in [7, 11) is 0. The molecular weight excluding hydrogens is 352 g/mol. The summed E-state index contributed by atoms with van der Waals surface area (Å²) in [6, 6.07) is 8.47. The van der Waals surface area contributed by atoms with Gasteiger partial charge >= 0.3 is 0 Å². The highest BCUT2D eigenvalue weighted by Crippen LogP contribution is 2.29. The van der Waals surface area contributed by atoms with Crippen LogP contribution in [0, 0.1) is 17.6 Å². The van der Waals surface area contributed by atoms with Gasteiger partial charge in [-0.3, -0.25) is 9.78 Å². The van der Waals surface area contributed by atoms with E-state index in [1.807, 2.05) is 18.2 Å². The number of benzene rings is 1. The SMILES string of the molecule is O=C(CCN1CCC([C@@H](O)c2ccccn2)CC1)Nc1cc(F)ccc1F. The molecule has 0 saturated carbocycles. The first-order valence-corrected chi connectivity index (χ1v) is 9.09. The molecule has 2 heterocycles. The van der Waals surface area contributed by atoms with Crippen LogP contribution in [0.25, 0.3) is 0 Å². The van der Waals surface area contributed by atoms with Gasteiger partial charge < -0.3 is 15.3 Å². The second-order valence-electron chi connectivity index (χ2n) is 6.80. The zero-order valence-corrected chi connectivity index (χ0v) is 14.9. The van der Waals surface area contributed by atoms with E-state index < -0.39 is 17.7 Å². The second kappa shape index (κ2) is 9.01. The Morgan fingerprint density at radius 2 is 2.04 bits per heavy atom. The fourth-order valence-corrected chi connectivity index (χ4v) is 3.35. The van der Waals surface area contributed by atoms with Crippen molar-refractivity contribution in [3.05, 3.63) is 59.9 Å². The maximum atomic E-state index is 13.6. The molecule has 0 spiro atoms. The molecule has 0 radical (unpaired) electrons. The van der Waals surface area contributed by atoms with E-state index in [1.165, 1.54) is 0 Å². The average Bonchev–Trinajstić information content (AvgIpc) is 2.70. The summed E-state index contributed by atoms with van der Waals surface area (Å²) in [6.07, 6.45) is 2.93. The molecular formula is C20H23F2N3O2. The number of nitrogens with one attached hydrogen (secondary N) is 1. The lowest BCUT2D eigenvalue weighted by Crippen LogP contribution is -2.37. The van der Waals surface area contributed by atoms with Crippen LogP contribution in [0.2, 0.25) is 0 Å². The third-order valence-corrected chi connectivity index (χ3v) is 4.93. The smallest absolute Gasteiger partial charge is 0.225 e. The zero-order valence-electron chi connectivity index (χ0n) is 14.9. The predicted octanol–water partition coefficient (Wildman–Crippen LogP) is 3.13. The minimum absolute atomic E-state index is 0.141. The molecule has 0 bridgehead atoms. The van der Waals surface area contributed by atoms with E-state index in [0.29, 0.717) is 12.2 Å². The van der Waals surface area contributed by atoms with Crippen LogP contribution < -0.4 is 5.32 Å². The number of rotatable bonds is 6. The summed E-state index contributed by atoms with van der Waals surface area (Å²) in [6.45, 7) is 2.08. The third kappa shape index (κ3) is 5.30. The lowest BCUT2D eigenvalue weighted by atomic mass is 9.89. The van der Waals surface area contributed by atoms with Gasteiger partial charge in [-0.2, -0.15) is 0 Å². The molecule has 1 amide bonds. The minimum Gasteiger partial charge on any atom is -0.387 e. The van der Waals surface area contributed by atoms with E-state index in [0.717, 1.165) is 44.1 Å². The van der Waals surface area contributed by atoms with Crippen molar-refractivity contribution in [3.8, 4) is 0 Å². The lowest BCUT2D eigenvalue weighted by molar-refractivity contribution is -0.116. The van der Waals surface area contributed by atoms with Crippen LogP contribution in [0.4, 0.5) is 14.5 Å². The number of hydrogen-bond acceptors (Lipinski definition) is 4. The molecule has 1 atom stereocenters. The first-order valence-electron chi connectivity index (χ1n) is 9.09. The summed E-state index contributed by atoms with van der Waals surface area (Å²) in [5.41, 5.74) is 0.546. The average molecular weight is 375 g/mol. The van der Waals surface area contributed by atoms with E-state index in [-0.39, 0.29) is 23.9 Å². The highest BCUT2D eigenvalue weighted by Gasteiger charge is 2.27. The highest BCUT2D eigenvalue weighted by atomic mass is 19.1. The minimum atomic E-state index is -0.658. The standard InChI is InChI=1S/C20H23F2N3O2/c21-15-4-5-16(22)18(13-15)24-19(26)8-12-25-10-6-14(7-11-25)20(27)17-3-1-2-9-23-17/h1-5,9,13-14,20,27H,6-8,10-12H2,(H,24,26)/t20-/m1/s1. The molecule has 1 aliphatic heterocycles. The number of aromatic nitrogens is 1. The molecule has 144 valence electrons. The number of amides is 1. The zero-order chi connectivity index (χ0) is 19.2. The van der Waals surface area contributed by atoms with Crippen molar-refractivity contribution in [1.82, 2.24) is 9.88 Å². The quantitative estimate of drug-likeness (QED) is 0.814. The summed E-state index contributed by atoms with van der Waals surface area (Å²) in [5, 5.41) is 12.9. The van der Waals surface area contributed by atoms with Gasteiger partial charge in [0.2, 0.25) is 5.91 Å². The van der Waals surface area contributed by atoms with Crippen molar-refractivity contribution in [2.75, 3.05) is 25.0 Å². The Hall–Kier alpha value is -2.38. The number of pyridine rings is 1. The number of nitrogens with zero attached hydrogens (tertiary/aromatic N) is 2. The molecule has 2 aromatic rings. The summed E-state index contributed by atoms with van der Waals surface area (Å²) in [5.74, 6) is -1.46. The molecule has 7 heteroatoms. The van der Waals surface area contributed by atoms with Gasteiger partial charge in [-0.05, 0) is 56.1 Å². The van der Waals surface area contributed by atoms with Crippen molar-refractivity contribution in [2.24, 2.45) is 5.92 Å². The molecule has 27 heavy (non-hydrogen) atoms. The van der Waals surface area contributed by atoms with Crippen LogP contribution >= 0.6 is 0 Å². The van der Waals surface area contributed by atoms with Gasteiger partial charge in [-0.15, -0.1) is 0 Å². The van der Waals surface area contributed by atoms with Crippen molar-refractivity contribution in [1.29, 1.82) is 0 Å². The van der Waals surface area contributed by atoms with Crippen LogP contribution in [-0.4, -0.2) is 40.5 Å². The third-order valence-electron chi connectivity index (χ3n) is 4.93. The Balaban J connectivity index is 1.43. The monoisotopic (exact) mass is 375 g/mol. The molecule has 1 aromatic heterocycles. The van der Waals surface area contributed by atoms with Crippen molar-refractivity contribution in [3.63, 3.8) is 0 Å². The van der Waals surface area contributed by atoms with E-state index in [2.05, 4.69) is 15.2 Å². The number of carbonyl (C=O) groups is 1. The van der Waals surface area contributed by atoms with Crippen LogP contribution in [0.15, 0.2) is 42.6 Å². The highest BCUT2D eigenvalue weighted by molar-refractivity contribution is 5.90. The Labute approximate surface area is 157 Å². The van der Waals surface area contributed by atoms with E-state index in [4.69, 9.17) is 0 Å². The van der Waals surface area contributed by atoms with Crippen molar-refractivity contribution in [2.45, 2.75) is 25.4 Å². The number of aliphatic hydroxyl groups excluding tert-OH is 1. The predicted molar refractivity (Wildman–Crippen MR) is 98.0 cm³/mol. The number of anilines is 1. The number of halogens is 2. The Morgan fingerprint density at radius 1 is 1.26 bits per heavy atom. The number of carbonyl (C=O) groups excluding carboxylic acids is 1. The topological polar surface area (TPSA) is 65.5 Å². The number of aliphatic hydroxyl groups is 1. The molecule has 5 nitrogen and oxygen atoms in total. The molecule has 1 fully saturated rings. The maximum Gasteiger partial charge on any atom is 0.225 e. The Bertz CT molecular complexity index is 765. The number of likely N-dealkylation sites (tertiary alicyclic amines) is 1. The Morgan fingerprint density at radius 3 is 2.74 bits per heavy atom. The maximum absolute atomic E-state index is 13.6. The molecule has 1 saturated heterocycles. The fraction of sp³-hybridized carbons (Fsp3) is 0.400. The first kappa shape index (κ1) is 19.4. The van der Waals surface area contributed by atoms with Crippen molar-refractivity contribution < 1.29 is 18.7 Å². The molecule has 3 rings (SSSR count). The fourth-order valence-electron chi connectivity index (χ4n) is 3.35. The van der Waals surface area contributed by atoms with Crippen LogP contribution in [-0.2, 0) is 4.79 Å². The molecule has 2 N–H and O–H groups in total. The van der Waals surface area contributed by atoms with Gasteiger partial charge in [0.1, 0.15) is 11.6 Å². The van der Waals surface area contributed by atoms with Gasteiger partial charge in [0.05, 0.1) is 17.5 Å². The summed E-state index contributed by atoms with van der Waals surface area (Å²) < 4.78 is 26.7. The number of piperidine rings is 1. The summed E-state index contributed by atoms with van der Waals surface area (Å²) >= 11 is 0. The lowest BCUT2D eigenvalue weighted by Gasteiger charge is -2.33. The largest absolute Gasteiger partial charge is 0.387 e. The van der Waals surface area contributed by atoms with Gasteiger partial charge in [0.25, 0.3) is 0 Å². The number of hydrogen-bond donors (Lipinski definition) is 2. The van der Waals surface area contributed by atoms with Crippen molar-refractivity contribution >= 4 is 11.6 Å². The van der Waals surface area contributed by atoms with E-state index >= 15 is 0 Å². The summed E-state index contributed by atoms with van der Waals surface area (Å²) in [4.78, 5) is 18.4. The van der Waals surface area contributed by atoms with E-state index in [1.54, 1.807) is 6.20 Å². The van der Waals surface area contributed by atoms with Gasteiger partial charge in [-0.25, -0.2) is 8.78 Å². The Kier molecular flexibility index (Phi) is 6.47. The van der Waals surface area contributed by atoms with Gasteiger partial charge in [-0.1, -0.05) is 6.07 Å². The van der Waals surface area contributed by atoms with Gasteiger partial charge in [0, 0.05) is 25.2 Å². The van der Waals surface area contributed by atoms with E-state index in [9.17, 15) is 18.7 Å². The second-order valence-corrected chi connectivity index (χ2v) is 6.80. The normalized spacial score (nSPS) is 16.9.